The average molecular weight is 311 g/mol. The lowest BCUT2D eigenvalue weighted by Gasteiger charge is -2.20. The Kier molecular flexibility index (Phi) is 5.24. The lowest BCUT2D eigenvalue weighted by atomic mass is 10.1. The molecule has 6 heteroatoms. The van der Waals surface area contributed by atoms with Gasteiger partial charge in [-0.15, -0.1) is 0 Å². The molecule has 3 N–H and O–H groups in total. The highest BCUT2D eigenvalue weighted by Crippen LogP contribution is 2.18. The van der Waals surface area contributed by atoms with Gasteiger partial charge in [-0.2, -0.15) is 0 Å². The maximum atomic E-state index is 12.1. The number of nitrogens with zero attached hydrogens (tertiary/aromatic N) is 1. The molecule has 0 amide bonds. The molecule has 118 valence electrons. The standard InChI is InChI=1S/C15H25N3O2S/c1-12(2)18-7-6-14(10-18)9-17-21(19,20)11-13-4-3-5-15(16)8-13/h3-5,8,12,14,17H,6-7,9-11,16H2,1-2H3. The maximum Gasteiger partial charge on any atom is 0.215 e. The summed E-state index contributed by atoms with van der Waals surface area (Å²) in [5, 5.41) is 0. The highest BCUT2D eigenvalue weighted by molar-refractivity contribution is 7.88. The Labute approximate surface area is 127 Å². The van der Waals surface area contributed by atoms with Crippen molar-refractivity contribution in [1.29, 1.82) is 0 Å². The van der Waals surface area contributed by atoms with Crippen LogP contribution >= 0.6 is 0 Å². The van der Waals surface area contributed by atoms with Crippen molar-refractivity contribution in [2.45, 2.75) is 32.1 Å². The smallest absolute Gasteiger partial charge is 0.215 e. The summed E-state index contributed by atoms with van der Waals surface area (Å²) in [6.07, 6.45) is 1.05. The molecule has 1 saturated heterocycles. The van der Waals surface area contributed by atoms with Crippen LogP contribution < -0.4 is 10.5 Å². The van der Waals surface area contributed by atoms with Crippen molar-refractivity contribution in [3.63, 3.8) is 0 Å². The molecule has 1 heterocycles. The monoisotopic (exact) mass is 311 g/mol. The number of nitrogen functional groups attached to an aromatic ring is 1. The first-order chi connectivity index (χ1) is 9.85. The van der Waals surface area contributed by atoms with E-state index in [1.165, 1.54) is 0 Å². The Morgan fingerprint density at radius 2 is 2.19 bits per heavy atom. The van der Waals surface area contributed by atoms with Gasteiger partial charge in [0, 0.05) is 24.8 Å². The van der Waals surface area contributed by atoms with E-state index in [-0.39, 0.29) is 5.75 Å². The maximum absolute atomic E-state index is 12.1. The quantitative estimate of drug-likeness (QED) is 0.779. The molecule has 0 saturated carbocycles. The molecule has 1 aromatic rings. The minimum atomic E-state index is -3.30. The molecule has 5 nitrogen and oxygen atoms in total. The predicted octanol–water partition coefficient (Wildman–Crippen LogP) is 1.42. The zero-order valence-corrected chi connectivity index (χ0v) is 13.6. The number of anilines is 1. The minimum Gasteiger partial charge on any atom is -0.399 e. The van der Waals surface area contributed by atoms with Crippen molar-refractivity contribution in [1.82, 2.24) is 9.62 Å². The van der Waals surface area contributed by atoms with Crippen molar-refractivity contribution < 1.29 is 8.42 Å². The first-order valence-corrected chi connectivity index (χ1v) is 9.07. The molecule has 1 unspecified atom stereocenters. The van der Waals surface area contributed by atoms with Gasteiger partial charge < -0.3 is 10.6 Å². The Morgan fingerprint density at radius 3 is 2.81 bits per heavy atom. The topological polar surface area (TPSA) is 75.4 Å². The molecule has 0 radical (unpaired) electrons. The van der Waals surface area contributed by atoms with E-state index >= 15 is 0 Å². The molecule has 1 aromatic carbocycles. The Morgan fingerprint density at radius 1 is 1.43 bits per heavy atom. The third-order valence-corrected chi connectivity index (χ3v) is 5.27. The van der Waals surface area contributed by atoms with Crippen LogP contribution in [0, 0.1) is 5.92 Å². The predicted molar refractivity (Wildman–Crippen MR) is 86.3 cm³/mol. The number of likely N-dealkylation sites (tertiary alicyclic amines) is 1. The van der Waals surface area contributed by atoms with Crippen LogP contribution in [0.25, 0.3) is 0 Å². The molecule has 0 spiro atoms. The van der Waals surface area contributed by atoms with Crippen LogP contribution in [0.2, 0.25) is 0 Å². The molecular weight excluding hydrogens is 286 g/mol. The third kappa shape index (κ3) is 4.98. The minimum absolute atomic E-state index is 0.0152. The Hall–Kier alpha value is -1.11. The van der Waals surface area contributed by atoms with Crippen molar-refractivity contribution in [3.05, 3.63) is 29.8 Å². The summed E-state index contributed by atoms with van der Waals surface area (Å²) < 4.78 is 27.0. The second kappa shape index (κ2) is 6.77. The van der Waals surface area contributed by atoms with Gasteiger partial charge in [0.25, 0.3) is 0 Å². The Bertz CT molecular complexity index is 572. The molecule has 0 aliphatic carbocycles. The van der Waals surface area contributed by atoms with Crippen LogP contribution in [0.5, 0.6) is 0 Å². The molecular formula is C15H25N3O2S. The van der Waals surface area contributed by atoms with Gasteiger partial charge in [-0.1, -0.05) is 12.1 Å². The number of sulfonamides is 1. The summed E-state index contributed by atoms with van der Waals surface area (Å²) in [7, 11) is -3.30. The third-order valence-electron chi connectivity index (χ3n) is 3.95. The highest BCUT2D eigenvalue weighted by Gasteiger charge is 2.25. The van der Waals surface area contributed by atoms with E-state index in [1.54, 1.807) is 24.3 Å². The normalized spacial score (nSPS) is 20.2. The summed E-state index contributed by atoms with van der Waals surface area (Å²) in [5.74, 6) is 0.390. The van der Waals surface area contributed by atoms with Crippen LogP contribution in [0.1, 0.15) is 25.8 Å². The second-order valence-electron chi connectivity index (χ2n) is 6.10. The van der Waals surface area contributed by atoms with E-state index in [9.17, 15) is 8.42 Å². The van der Waals surface area contributed by atoms with E-state index in [0.29, 0.717) is 24.2 Å². The fraction of sp³-hybridized carbons (Fsp3) is 0.600. The molecule has 1 fully saturated rings. The van der Waals surface area contributed by atoms with Crippen LogP contribution in [-0.4, -0.2) is 39.0 Å². The lowest BCUT2D eigenvalue weighted by Crippen LogP contribution is -2.33. The number of hydrogen-bond acceptors (Lipinski definition) is 4. The van der Waals surface area contributed by atoms with Crippen molar-refractivity contribution >= 4 is 15.7 Å². The van der Waals surface area contributed by atoms with E-state index < -0.39 is 10.0 Å². The number of nitrogens with one attached hydrogen (secondary N) is 1. The van der Waals surface area contributed by atoms with Gasteiger partial charge in [0.05, 0.1) is 5.75 Å². The van der Waals surface area contributed by atoms with Crippen LogP contribution in [0.3, 0.4) is 0 Å². The molecule has 0 bridgehead atoms. The molecule has 2 rings (SSSR count). The Balaban J connectivity index is 1.85. The SMILES string of the molecule is CC(C)N1CCC(CNS(=O)(=O)Cc2cccc(N)c2)C1. The van der Waals surface area contributed by atoms with Crippen molar-refractivity contribution in [3.8, 4) is 0 Å². The number of benzene rings is 1. The van der Waals surface area contributed by atoms with Gasteiger partial charge in [-0.3, -0.25) is 0 Å². The largest absolute Gasteiger partial charge is 0.399 e. The van der Waals surface area contributed by atoms with Crippen LogP contribution in [-0.2, 0) is 15.8 Å². The van der Waals surface area contributed by atoms with E-state index in [2.05, 4.69) is 23.5 Å². The fourth-order valence-corrected chi connectivity index (χ4v) is 3.91. The van der Waals surface area contributed by atoms with Gasteiger partial charge in [0.15, 0.2) is 0 Å². The highest BCUT2D eigenvalue weighted by atomic mass is 32.2. The second-order valence-corrected chi connectivity index (χ2v) is 7.90. The molecule has 1 atom stereocenters. The number of hydrogen-bond donors (Lipinski definition) is 2. The van der Waals surface area contributed by atoms with Gasteiger partial charge in [0.1, 0.15) is 0 Å². The number of rotatable bonds is 6. The van der Waals surface area contributed by atoms with Gasteiger partial charge in [0.2, 0.25) is 10.0 Å². The molecule has 21 heavy (non-hydrogen) atoms. The van der Waals surface area contributed by atoms with Crippen molar-refractivity contribution in [2.24, 2.45) is 5.92 Å². The molecule has 0 aromatic heterocycles. The summed E-state index contributed by atoms with van der Waals surface area (Å²) >= 11 is 0. The van der Waals surface area contributed by atoms with E-state index in [4.69, 9.17) is 5.73 Å². The first-order valence-electron chi connectivity index (χ1n) is 7.41. The van der Waals surface area contributed by atoms with Crippen molar-refractivity contribution in [2.75, 3.05) is 25.4 Å². The van der Waals surface area contributed by atoms with Crippen LogP contribution in [0.15, 0.2) is 24.3 Å². The fourth-order valence-electron chi connectivity index (χ4n) is 2.70. The average Bonchev–Trinajstić information content (AvgIpc) is 2.85. The molecule has 1 aliphatic heterocycles. The number of nitrogens with two attached hydrogens (primary N) is 1. The summed E-state index contributed by atoms with van der Waals surface area (Å²) in [5.41, 5.74) is 6.98. The van der Waals surface area contributed by atoms with Gasteiger partial charge in [-0.05, 0) is 50.4 Å². The molecule has 1 aliphatic rings. The van der Waals surface area contributed by atoms with E-state index in [1.807, 2.05) is 0 Å². The zero-order valence-electron chi connectivity index (χ0n) is 12.7. The summed E-state index contributed by atoms with van der Waals surface area (Å²) in [4.78, 5) is 2.39. The lowest BCUT2D eigenvalue weighted by molar-refractivity contribution is 0.265. The van der Waals surface area contributed by atoms with Gasteiger partial charge >= 0.3 is 0 Å². The van der Waals surface area contributed by atoms with E-state index in [0.717, 1.165) is 25.1 Å². The summed E-state index contributed by atoms with van der Waals surface area (Å²) in [6.45, 7) is 6.89. The van der Waals surface area contributed by atoms with Gasteiger partial charge in [-0.25, -0.2) is 13.1 Å². The zero-order chi connectivity index (χ0) is 15.5. The first kappa shape index (κ1) is 16.3. The summed E-state index contributed by atoms with van der Waals surface area (Å²) in [6, 6.07) is 7.54. The van der Waals surface area contributed by atoms with Crippen LogP contribution in [0.4, 0.5) is 5.69 Å².